The molecule has 8 heteroatoms. The number of nitrogens with zero attached hydrogens (tertiary/aromatic N) is 3. The number of carbonyl (C=O) groups excluding carboxylic acids is 1. The summed E-state index contributed by atoms with van der Waals surface area (Å²) >= 11 is 0. The predicted molar refractivity (Wildman–Crippen MR) is 111 cm³/mol. The first kappa shape index (κ1) is 22.1. The zero-order chi connectivity index (χ0) is 21.3. The number of β-amino-alcohol motifs (C(OH)–C–C–N with tert-alkyl or cyclic N) is 1. The second-order valence-electron chi connectivity index (χ2n) is 7.53. The van der Waals surface area contributed by atoms with Gasteiger partial charge < -0.3 is 14.8 Å². The maximum absolute atomic E-state index is 12.9. The van der Waals surface area contributed by atoms with E-state index in [1.54, 1.807) is 12.1 Å². The largest absolute Gasteiger partial charge is 0.447 e. The van der Waals surface area contributed by atoms with Gasteiger partial charge >= 0.3 is 0 Å². The van der Waals surface area contributed by atoms with Crippen molar-refractivity contribution >= 4 is 5.91 Å². The zero-order valence-corrected chi connectivity index (χ0v) is 17.1. The van der Waals surface area contributed by atoms with Crippen molar-refractivity contribution in [2.24, 2.45) is 0 Å². The van der Waals surface area contributed by atoms with E-state index in [0.29, 0.717) is 25.5 Å². The minimum absolute atomic E-state index is 0.232. The number of allylic oxidation sites excluding steroid dienone is 1. The Balaban J connectivity index is 1.40. The maximum Gasteiger partial charge on any atom is 0.273 e. The highest BCUT2D eigenvalue weighted by atomic mass is 19.1. The van der Waals surface area contributed by atoms with E-state index in [-0.39, 0.29) is 23.5 Å². The molecule has 1 amide bonds. The van der Waals surface area contributed by atoms with Gasteiger partial charge in [-0.3, -0.25) is 14.6 Å². The minimum Gasteiger partial charge on any atom is -0.447 e. The third-order valence-electron chi connectivity index (χ3n) is 5.15. The SMILES string of the molecule is C=CCCC(O)CN1CCN(Cc2nc(C(=O)NCc3ccc(F)cc3)co2)CC1. The van der Waals surface area contributed by atoms with Crippen LogP contribution in [0.15, 0.2) is 47.6 Å². The molecular weight excluding hydrogens is 387 g/mol. The fraction of sp³-hybridized carbons (Fsp3) is 0.455. The van der Waals surface area contributed by atoms with Gasteiger partial charge in [-0.2, -0.15) is 0 Å². The van der Waals surface area contributed by atoms with Crippen LogP contribution in [0.2, 0.25) is 0 Å². The molecule has 1 unspecified atom stereocenters. The molecule has 1 fully saturated rings. The summed E-state index contributed by atoms with van der Waals surface area (Å²) in [6, 6.07) is 5.97. The molecule has 0 aliphatic carbocycles. The molecule has 0 bridgehead atoms. The smallest absolute Gasteiger partial charge is 0.273 e. The molecule has 2 N–H and O–H groups in total. The van der Waals surface area contributed by atoms with Gasteiger partial charge in [0.2, 0.25) is 5.89 Å². The summed E-state index contributed by atoms with van der Waals surface area (Å²) in [6.45, 7) is 8.64. The molecule has 1 aliphatic rings. The predicted octanol–water partition coefficient (Wildman–Crippen LogP) is 2.19. The molecule has 7 nitrogen and oxygen atoms in total. The number of oxazole rings is 1. The molecule has 30 heavy (non-hydrogen) atoms. The first-order valence-corrected chi connectivity index (χ1v) is 10.2. The van der Waals surface area contributed by atoms with Gasteiger partial charge in [-0.25, -0.2) is 9.37 Å². The van der Waals surface area contributed by atoms with Crippen molar-refractivity contribution in [1.29, 1.82) is 0 Å². The van der Waals surface area contributed by atoms with Crippen LogP contribution in [0.1, 0.15) is 34.8 Å². The molecule has 0 radical (unpaired) electrons. The maximum atomic E-state index is 12.9. The Morgan fingerprint density at radius 2 is 1.97 bits per heavy atom. The Hall–Kier alpha value is -2.55. The van der Waals surface area contributed by atoms with Gasteiger partial charge in [-0.05, 0) is 30.5 Å². The fourth-order valence-corrected chi connectivity index (χ4v) is 3.38. The molecule has 0 saturated carbocycles. The number of amides is 1. The van der Waals surface area contributed by atoms with Crippen LogP contribution >= 0.6 is 0 Å². The van der Waals surface area contributed by atoms with Crippen LogP contribution in [-0.4, -0.2) is 64.6 Å². The second kappa shape index (κ2) is 11.0. The van der Waals surface area contributed by atoms with Crippen LogP contribution < -0.4 is 5.32 Å². The molecule has 2 aromatic rings. The average Bonchev–Trinajstić information content (AvgIpc) is 3.21. The van der Waals surface area contributed by atoms with Crippen molar-refractivity contribution in [2.75, 3.05) is 32.7 Å². The minimum atomic E-state index is -0.326. The molecule has 1 aromatic carbocycles. The Bertz CT molecular complexity index is 816. The van der Waals surface area contributed by atoms with E-state index in [2.05, 4.69) is 26.7 Å². The molecule has 2 heterocycles. The highest BCUT2D eigenvalue weighted by Gasteiger charge is 2.21. The number of halogens is 1. The summed E-state index contributed by atoms with van der Waals surface area (Å²) in [5.41, 5.74) is 1.04. The van der Waals surface area contributed by atoms with E-state index in [1.807, 2.05) is 6.08 Å². The van der Waals surface area contributed by atoms with E-state index in [1.165, 1.54) is 18.4 Å². The Morgan fingerprint density at radius 1 is 1.27 bits per heavy atom. The summed E-state index contributed by atoms with van der Waals surface area (Å²) < 4.78 is 18.4. The molecular formula is C22H29FN4O3. The van der Waals surface area contributed by atoms with E-state index in [4.69, 9.17) is 4.42 Å². The summed E-state index contributed by atoms with van der Waals surface area (Å²) in [7, 11) is 0. The Labute approximate surface area is 176 Å². The monoisotopic (exact) mass is 416 g/mol. The van der Waals surface area contributed by atoms with Crippen molar-refractivity contribution in [3.8, 4) is 0 Å². The van der Waals surface area contributed by atoms with Gasteiger partial charge in [0.25, 0.3) is 5.91 Å². The standard InChI is InChI=1S/C22H29FN4O3/c1-2-3-4-19(28)14-26-9-11-27(12-10-26)15-21-25-20(16-30-21)22(29)24-13-17-5-7-18(23)8-6-17/h2,5-8,16,19,28H,1,3-4,9-15H2,(H,24,29). The summed E-state index contributed by atoms with van der Waals surface area (Å²) in [6.07, 6.45) is 4.44. The third kappa shape index (κ3) is 6.76. The van der Waals surface area contributed by atoms with Gasteiger partial charge in [0.15, 0.2) is 5.69 Å². The normalized spacial score (nSPS) is 16.3. The van der Waals surface area contributed by atoms with E-state index in [9.17, 15) is 14.3 Å². The lowest BCUT2D eigenvalue weighted by molar-refractivity contribution is 0.0642. The quantitative estimate of drug-likeness (QED) is 0.578. The Morgan fingerprint density at radius 3 is 2.67 bits per heavy atom. The molecule has 1 aliphatic heterocycles. The number of aromatic nitrogens is 1. The van der Waals surface area contributed by atoms with Gasteiger partial charge in [-0.1, -0.05) is 18.2 Å². The Kier molecular flexibility index (Phi) is 8.12. The number of rotatable bonds is 10. The van der Waals surface area contributed by atoms with Crippen LogP contribution in [0, 0.1) is 5.82 Å². The van der Waals surface area contributed by atoms with Crippen LogP contribution in [0.25, 0.3) is 0 Å². The van der Waals surface area contributed by atoms with Gasteiger partial charge in [0.05, 0.1) is 12.6 Å². The molecule has 0 spiro atoms. The molecule has 1 aromatic heterocycles. The number of carbonyl (C=O) groups is 1. The topological polar surface area (TPSA) is 81.8 Å². The van der Waals surface area contributed by atoms with Crippen LogP contribution in [0.3, 0.4) is 0 Å². The second-order valence-corrected chi connectivity index (χ2v) is 7.53. The van der Waals surface area contributed by atoms with E-state index < -0.39 is 0 Å². The van der Waals surface area contributed by atoms with Crippen molar-refractivity contribution in [3.63, 3.8) is 0 Å². The summed E-state index contributed by atoms with van der Waals surface area (Å²) in [4.78, 5) is 21.0. The number of aliphatic hydroxyl groups excluding tert-OH is 1. The number of hydrogen-bond donors (Lipinski definition) is 2. The number of hydrogen-bond acceptors (Lipinski definition) is 6. The van der Waals surface area contributed by atoms with E-state index >= 15 is 0 Å². The van der Waals surface area contributed by atoms with Gasteiger partial charge in [-0.15, -0.1) is 6.58 Å². The molecule has 1 saturated heterocycles. The lowest BCUT2D eigenvalue weighted by Gasteiger charge is -2.34. The average molecular weight is 416 g/mol. The lowest BCUT2D eigenvalue weighted by Crippen LogP contribution is -2.48. The first-order valence-electron chi connectivity index (χ1n) is 10.2. The van der Waals surface area contributed by atoms with Crippen LogP contribution in [0.5, 0.6) is 0 Å². The summed E-state index contributed by atoms with van der Waals surface area (Å²) in [5.74, 6) is -0.134. The van der Waals surface area contributed by atoms with Gasteiger partial charge in [0, 0.05) is 39.3 Å². The molecule has 3 rings (SSSR count). The molecule has 162 valence electrons. The van der Waals surface area contributed by atoms with E-state index in [0.717, 1.165) is 44.6 Å². The number of piperazine rings is 1. The van der Waals surface area contributed by atoms with Gasteiger partial charge in [0.1, 0.15) is 12.1 Å². The number of nitrogens with one attached hydrogen (secondary N) is 1. The highest BCUT2D eigenvalue weighted by molar-refractivity contribution is 5.91. The first-order chi connectivity index (χ1) is 14.5. The highest BCUT2D eigenvalue weighted by Crippen LogP contribution is 2.11. The van der Waals surface area contributed by atoms with Crippen LogP contribution in [0.4, 0.5) is 4.39 Å². The van der Waals surface area contributed by atoms with Crippen LogP contribution in [-0.2, 0) is 13.1 Å². The summed E-state index contributed by atoms with van der Waals surface area (Å²) in [5, 5.41) is 12.8. The lowest BCUT2D eigenvalue weighted by atomic mass is 10.1. The van der Waals surface area contributed by atoms with Crippen molar-refractivity contribution in [3.05, 3.63) is 66.1 Å². The molecule has 1 atom stereocenters. The zero-order valence-electron chi connectivity index (χ0n) is 17.1. The fourth-order valence-electron chi connectivity index (χ4n) is 3.38. The van der Waals surface area contributed by atoms with Crippen molar-refractivity contribution in [1.82, 2.24) is 20.1 Å². The third-order valence-corrected chi connectivity index (χ3v) is 5.15. The number of benzene rings is 1. The number of aliphatic hydroxyl groups is 1. The van der Waals surface area contributed by atoms with Crippen molar-refractivity contribution < 1.29 is 18.7 Å². The van der Waals surface area contributed by atoms with Crippen molar-refractivity contribution in [2.45, 2.75) is 32.0 Å².